The lowest BCUT2D eigenvalue weighted by atomic mass is 10.3. The summed E-state index contributed by atoms with van der Waals surface area (Å²) in [4.78, 5) is 4.15. The monoisotopic (exact) mass is 166 g/mol. The van der Waals surface area contributed by atoms with Gasteiger partial charge in [-0.1, -0.05) is 6.07 Å². The van der Waals surface area contributed by atoms with E-state index < -0.39 is 6.29 Å². The Labute approximate surface area is 72.0 Å². The van der Waals surface area contributed by atoms with Crippen LogP contribution in [0.25, 0.3) is 0 Å². The Balaban J connectivity index is 2.25. The molecule has 1 aromatic rings. The van der Waals surface area contributed by atoms with Crippen LogP contribution in [0.3, 0.4) is 0 Å². The van der Waals surface area contributed by atoms with Gasteiger partial charge in [-0.3, -0.25) is 10.3 Å². The number of nitrogens with zero attached hydrogens (tertiary/aromatic N) is 1. The van der Waals surface area contributed by atoms with Gasteiger partial charge in [0.1, 0.15) is 6.29 Å². The molecular weight excluding hydrogens is 152 g/mol. The minimum atomic E-state index is -0.436. The molecule has 0 saturated carbocycles. The van der Waals surface area contributed by atoms with Crippen LogP contribution in [0.5, 0.6) is 0 Å². The Bertz CT molecular complexity index is 210. The molecular formula is C8H14N4. The summed E-state index contributed by atoms with van der Waals surface area (Å²) in [6.07, 6.45) is 2.19. The van der Waals surface area contributed by atoms with Gasteiger partial charge in [0.25, 0.3) is 0 Å². The molecule has 1 aromatic heterocycles. The van der Waals surface area contributed by atoms with Gasteiger partial charge >= 0.3 is 0 Å². The zero-order chi connectivity index (χ0) is 8.81. The number of hydrogen-bond acceptors (Lipinski definition) is 4. The first-order valence-electron chi connectivity index (χ1n) is 3.93. The molecule has 12 heavy (non-hydrogen) atoms. The maximum absolute atomic E-state index is 5.30. The predicted octanol–water partition coefficient (Wildman–Crippen LogP) is -0.585. The van der Waals surface area contributed by atoms with Gasteiger partial charge in [0.05, 0.1) is 0 Å². The minimum Gasteiger partial charge on any atom is -0.304 e. The van der Waals surface area contributed by atoms with Crippen LogP contribution in [0, 0.1) is 0 Å². The summed E-state index contributed by atoms with van der Waals surface area (Å²) in [5.74, 6) is 0. The van der Waals surface area contributed by atoms with E-state index in [-0.39, 0.29) is 0 Å². The van der Waals surface area contributed by atoms with Crippen molar-refractivity contribution in [1.29, 1.82) is 0 Å². The molecule has 0 aliphatic heterocycles. The molecule has 0 unspecified atom stereocenters. The largest absolute Gasteiger partial charge is 0.304 e. The van der Waals surface area contributed by atoms with Gasteiger partial charge in [0.15, 0.2) is 0 Å². The van der Waals surface area contributed by atoms with E-state index >= 15 is 0 Å². The Hall–Kier alpha value is -0.970. The van der Waals surface area contributed by atoms with Crippen molar-refractivity contribution in [2.45, 2.75) is 12.7 Å². The van der Waals surface area contributed by atoms with E-state index in [1.807, 2.05) is 18.2 Å². The maximum atomic E-state index is 5.30. The maximum Gasteiger partial charge on any atom is 0.106 e. The molecule has 0 aliphatic rings. The summed E-state index contributed by atoms with van der Waals surface area (Å²) in [7, 11) is 0. The Morgan fingerprint density at radius 1 is 1.42 bits per heavy atom. The van der Waals surface area contributed by atoms with Crippen LogP contribution < -0.4 is 16.8 Å². The van der Waals surface area contributed by atoms with Crippen molar-refractivity contribution in [3.63, 3.8) is 0 Å². The molecule has 66 valence electrons. The summed E-state index contributed by atoms with van der Waals surface area (Å²) < 4.78 is 0. The zero-order valence-electron chi connectivity index (χ0n) is 6.90. The predicted molar refractivity (Wildman–Crippen MR) is 48.1 cm³/mol. The molecule has 0 bridgehead atoms. The average Bonchev–Trinajstić information content (AvgIpc) is 2.05. The van der Waals surface area contributed by atoms with E-state index in [0.717, 1.165) is 18.7 Å². The first-order valence-corrected chi connectivity index (χ1v) is 3.93. The smallest absolute Gasteiger partial charge is 0.106 e. The normalized spacial score (nSPS) is 10.6. The van der Waals surface area contributed by atoms with Crippen molar-refractivity contribution in [3.05, 3.63) is 30.1 Å². The van der Waals surface area contributed by atoms with E-state index in [2.05, 4.69) is 10.3 Å². The first kappa shape index (κ1) is 9.12. The van der Waals surface area contributed by atoms with E-state index in [0.29, 0.717) is 0 Å². The highest BCUT2D eigenvalue weighted by atomic mass is 15.1. The fourth-order valence-electron chi connectivity index (χ4n) is 0.913. The van der Waals surface area contributed by atoms with Crippen LogP contribution in [0.1, 0.15) is 5.69 Å². The standard InChI is InChI=1S/C8H14N4/c9-8(10)12-6-4-7-3-1-2-5-11-7/h1-3,5,8,12H,4,6,9-10H2. The highest BCUT2D eigenvalue weighted by molar-refractivity contribution is 5.03. The molecule has 4 nitrogen and oxygen atoms in total. The summed E-state index contributed by atoms with van der Waals surface area (Å²) in [5.41, 5.74) is 11.7. The third kappa shape index (κ3) is 3.43. The van der Waals surface area contributed by atoms with Crippen LogP contribution in [-0.4, -0.2) is 17.8 Å². The van der Waals surface area contributed by atoms with E-state index in [9.17, 15) is 0 Å². The van der Waals surface area contributed by atoms with Crippen LogP contribution >= 0.6 is 0 Å². The second-order valence-corrected chi connectivity index (χ2v) is 2.55. The molecule has 1 heterocycles. The molecule has 4 heteroatoms. The SMILES string of the molecule is NC(N)NCCc1ccccn1. The quantitative estimate of drug-likeness (QED) is 0.523. The van der Waals surface area contributed by atoms with Gasteiger partial charge in [-0.25, -0.2) is 0 Å². The number of nitrogens with two attached hydrogens (primary N) is 2. The fraction of sp³-hybridized carbons (Fsp3) is 0.375. The van der Waals surface area contributed by atoms with Crippen molar-refractivity contribution >= 4 is 0 Å². The van der Waals surface area contributed by atoms with Gasteiger partial charge in [-0.05, 0) is 12.1 Å². The molecule has 0 aliphatic carbocycles. The third-order valence-corrected chi connectivity index (χ3v) is 1.49. The molecule has 0 fully saturated rings. The lowest BCUT2D eigenvalue weighted by Gasteiger charge is -2.06. The second kappa shape index (κ2) is 4.82. The Morgan fingerprint density at radius 3 is 2.83 bits per heavy atom. The first-order chi connectivity index (χ1) is 5.79. The molecule has 0 atom stereocenters. The lowest BCUT2D eigenvalue weighted by molar-refractivity contribution is 0.546. The van der Waals surface area contributed by atoms with E-state index in [1.54, 1.807) is 6.20 Å². The van der Waals surface area contributed by atoms with E-state index in [4.69, 9.17) is 11.5 Å². The van der Waals surface area contributed by atoms with Crippen molar-refractivity contribution < 1.29 is 0 Å². The van der Waals surface area contributed by atoms with Crippen molar-refractivity contribution in [2.24, 2.45) is 11.5 Å². The van der Waals surface area contributed by atoms with Crippen LogP contribution in [-0.2, 0) is 6.42 Å². The van der Waals surface area contributed by atoms with Crippen LogP contribution in [0.15, 0.2) is 24.4 Å². The minimum absolute atomic E-state index is 0.436. The third-order valence-electron chi connectivity index (χ3n) is 1.49. The number of aromatic nitrogens is 1. The molecule has 0 amide bonds. The molecule has 0 saturated heterocycles. The van der Waals surface area contributed by atoms with Gasteiger partial charge in [0, 0.05) is 24.9 Å². The molecule has 5 N–H and O–H groups in total. The van der Waals surface area contributed by atoms with Crippen LogP contribution in [0.2, 0.25) is 0 Å². The number of pyridine rings is 1. The van der Waals surface area contributed by atoms with Crippen LogP contribution in [0.4, 0.5) is 0 Å². The highest BCUT2D eigenvalue weighted by Crippen LogP contribution is 1.92. The van der Waals surface area contributed by atoms with Gasteiger partial charge in [-0.15, -0.1) is 0 Å². The Morgan fingerprint density at radius 2 is 2.25 bits per heavy atom. The molecule has 0 radical (unpaired) electrons. The lowest BCUT2D eigenvalue weighted by Crippen LogP contribution is -2.45. The highest BCUT2D eigenvalue weighted by Gasteiger charge is 1.94. The van der Waals surface area contributed by atoms with Gasteiger partial charge < -0.3 is 11.5 Å². The summed E-state index contributed by atoms with van der Waals surface area (Å²) in [5, 5.41) is 2.91. The van der Waals surface area contributed by atoms with Gasteiger partial charge in [0.2, 0.25) is 0 Å². The fourth-order valence-corrected chi connectivity index (χ4v) is 0.913. The number of hydrogen-bond donors (Lipinski definition) is 3. The van der Waals surface area contributed by atoms with Crippen molar-refractivity contribution in [1.82, 2.24) is 10.3 Å². The summed E-state index contributed by atoms with van der Waals surface area (Å²) in [6.45, 7) is 0.759. The average molecular weight is 166 g/mol. The summed E-state index contributed by atoms with van der Waals surface area (Å²) in [6, 6.07) is 5.83. The molecule has 1 rings (SSSR count). The molecule has 0 spiro atoms. The summed E-state index contributed by atoms with van der Waals surface area (Å²) >= 11 is 0. The zero-order valence-corrected chi connectivity index (χ0v) is 6.90. The van der Waals surface area contributed by atoms with Crippen molar-refractivity contribution in [3.8, 4) is 0 Å². The van der Waals surface area contributed by atoms with Gasteiger partial charge in [-0.2, -0.15) is 0 Å². The number of rotatable bonds is 4. The second-order valence-electron chi connectivity index (χ2n) is 2.55. The molecule has 0 aromatic carbocycles. The van der Waals surface area contributed by atoms with Crippen molar-refractivity contribution in [2.75, 3.05) is 6.54 Å². The Kier molecular flexibility index (Phi) is 3.66. The topological polar surface area (TPSA) is 77.0 Å². The number of nitrogens with one attached hydrogen (secondary N) is 1. The van der Waals surface area contributed by atoms with E-state index in [1.165, 1.54) is 0 Å².